The molecule has 98 valence electrons. The van der Waals surface area contributed by atoms with Crippen LogP contribution >= 0.6 is 11.3 Å². The first-order valence-electron chi connectivity index (χ1n) is 6.09. The van der Waals surface area contributed by atoms with Crippen molar-refractivity contribution in [2.45, 2.75) is 32.5 Å². The minimum atomic E-state index is 0.457. The molecular formula is C13H24N2OS. The summed E-state index contributed by atoms with van der Waals surface area (Å²) in [5.74, 6) is 0. The van der Waals surface area contributed by atoms with Gasteiger partial charge in [0, 0.05) is 37.2 Å². The van der Waals surface area contributed by atoms with Gasteiger partial charge in [-0.3, -0.25) is 4.90 Å². The molecule has 0 aliphatic rings. The molecule has 4 heteroatoms. The lowest BCUT2D eigenvalue weighted by Crippen LogP contribution is -2.44. The summed E-state index contributed by atoms with van der Waals surface area (Å²) in [6.07, 6.45) is 0. The van der Waals surface area contributed by atoms with Crippen LogP contribution in [0.4, 0.5) is 0 Å². The minimum Gasteiger partial charge on any atom is -0.383 e. The summed E-state index contributed by atoms with van der Waals surface area (Å²) in [6, 6.07) is 5.23. The fourth-order valence-electron chi connectivity index (χ4n) is 1.75. The molecule has 1 heterocycles. The number of nitrogens with zero attached hydrogens (tertiary/aromatic N) is 1. The van der Waals surface area contributed by atoms with Gasteiger partial charge < -0.3 is 10.1 Å². The summed E-state index contributed by atoms with van der Waals surface area (Å²) in [5, 5.41) is 5.61. The molecule has 0 radical (unpaired) electrons. The van der Waals surface area contributed by atoms with E-state index in [9.17, 15) is 0 Å². The Morgan fingerprint density at radius 3 is 2.76 bits per heavy atom. The van der Waals surface area contributed by atoms with Crippen molar-refractivity contribution in [2.24, 2.45) is 0 Å². The zero-order valence-electron chi connectivity index (χ0n) is 11.3. The van der Waals surface area contributed by atoms with Crippen LogP contribution in [0.5, 0.6) is 0 Å². The monoisotopic (exact) mass is 256 g/mol. The Bertz CT molecular complexity index is 290. The third-order valence-corrected chi connectivity index (χ3v) is 3.99. The van der Waals surface area contributed by atoms with E-state index in [4.69, 9.17) is 4.74 Å². The molecule has 2 unspecified atom stereocenters. The second kappa shape index (κ2) is 7.82. The third kappa shape index (κ3) is 5.17. The molecule has 2 atom stereocenters. The maximum absolute atomic E-state index is 5.18. The number of nitrogens with one attached hydrogen (secondary N) is 1. The highest BCUT2D eigenvalue weighted by molar-refractivity contribution is 7.09. The Kier molecular flexibility index (Phi) is 6.73. The van der Waals surface area contributed by atoms with E-state index in [-0.39, 0.29) is 0 Å². The lowest BCUT2D eigenvalue weighted by atomic mass is 10.2. The van der Waals surface area contributed by atoms with Crippen LogP contribution in [-0.4, -0.2) is 44.3 Å². The van der Waals surface area contributed by atoms with Crippen molar-refractivity contribution in [3.63, 3.8) is 0 Å². The molecule has 0 bridgehead atoms. The first kappa shape index (κ1) is 14.6. The Balaban J connectivity index is 2.21. The Labute approximate surface area is 109 Å². The molecule has 0 saturated carbocycles. The summed E-state index contributed by atoms with van der Waals surface area (Å²) in [4.78, 5) is 3.75. The van der Waals surface area contributed by atoms with Gasteiger partial charge in [-0.15, -0.1) is 11.3 Å². The molecule has 0 aliphatic heterocycles. The van der Waals surface area contributed by atoms with Crippen LogP contribution in [0.25, 0.3) is 0 Å². The van der Waals surface area contributed by atoms with E-state index >= 15 is 0 Å². The average molecular weight is 256 g/mol. The van der Waals surface area contributed by atoms with Gasteiger partial charge in [0.1, 0.15) is 0 Å². The second-order valence-corrected chi connectivity index (χ2v) is 5.56. The lowest BCUT2D eigenvalue weighted by Gasteiger charge is -2.30. The molecule has 17 heavy (non-hydrogen) atoms. The second-order valence-electron chi connectivity index (χ2n) is 4.53. The summed E-state index contributed by atoms with van der Waals surface area (Å²) in [6.45, 7) is 7.19. The van der Waals surface area contributed by atoms with E-state index in [0.29, 0.717) is 12.1 Å². The van der Waals surface area contributed by atoms with Crippen LogP contribution in [0.2, 0.25) is 0 Å². The van der Waals surface area contributed by atoms with Crippen LogP contribution in [0.1, 0.15) is 18.7 Å². The Morgan fingerprint density at radius 1 is 1.41 bits per heavy atom. The fraction of sp³-hybridized carbons (Fsp3) is 0.692. The van der Waals surface area contributed by atoms with Crippen molar-refractivity contribution in [3.05, 3.63) is 22.4 Å². The smallest absolute Gasteiger partial charge is 0.0615 e. The van der Waals surface area contributed by atoms with Gasteiger partial charge in [0.05, 0.1) is 6.61 Å². The van der Waals surface area contributed by atoms with Gasteiger partial charge in [0.25, 0.3) is 0 Å². The van der Waals surface area contributed by atoms with E-state index < -0.39 is 0 Å². The highest BCUT2D eigenvalue weighted by atomic mass is 32.1. The maximum Gasteiger partial charge on any atom is 0.0615 e. The summed E-state index contributed by atoms with van der Waals surface area (Å²) in [5.41, 5.74) is 0. The van der Waals surface area contributed by atoms with Gasteiger partial charge in [-0.05, 0) is 32.3 Å². The third-order valence-electron chi connectivity index (χ3n) is 3.12. The molecule has 0 aliphatic carbocycles. The predicted molar refractivity (Wildman–Crippen MR) is 74.6 cm³/mol. The van der Waals surface area contributed by atoms with E-state index in [0.717, 1.165) is 19.7 Å². The van der Waals surface area contributed by atoms with Gasteiger partial charge in [0.2, 0.25) is 0 Å². The van der Waals surface area contributed by atoms with Crippen LogP contribution in [-0.2, 0) is 11.3 Å². The molecule has 1 aromatic heterocycles. The standard InChI is InChI=1S/C13H24N2OS/c1-11(15(3)12(2)10-16-4)8-14-9-13-6-5-7-17-13/h5-7,11-12,14H,8-10H2,1-4H3. The lowest BCUT2D eigenvalue weighted by molar-refractivity contribution is 0.0935. The number of methoxy groups -OCH3 is 1. The van der Waals surface area contributed by atoms with Gasteiger partial charge in [-0.25, -0.2) is 0 Å². The number of rotatable bonds is 8. The topological polar surface area (TPSA) is 24.5 Å². The molecular weight excluding hydrogens is 232 g/mol. The Morgan fingerprint density at radius 2 is 2.18 bits per heavy atom. The van der Waals surface area contributed by atoms with E-state index in [1.807, 2.05) is 0 Å². The quantitative estimate of drug-likeness (QED) is 0.771. The zero-order chi connectivity index (χ0) is 12.7. The van der Waals surface area contributed by atoms with E-state index in [1.54, 1.807) is 18.4 Å². The largest absolute Gasteiger partial charge is 0.383 e. The molecule has 1 N–H and O–H groups in total. The van der Waals surface area contributed by atoms with Gasteiger partial charge in [0.15, 0.2) is 0 Å². The zero-order valence-corrected chi connectivity index (χ0v) is 12.1. The van der Waals surface area contributed by atoms with Crippen molar-refractivity contribution in [3.8, 4) is 0 Å². The van der Waals surface area contributed by atoms with Gasteiger partial charge >= 0.3 is 0 Å². The fourth-order valence-corrected chi connectivity index (χ4v) is 2.43. The minimum absolute atomic E-state index is 0.457. The predicted octanol–water partition coefficient (Wildman–Crippen LogP) is 2.19. The number of thiophene rings is 1. The molecule has 0 fully saturated rings. The first-order chi connectivity index (χ1) is 8.15. The number of ether oxygens (including phenoxy) is 1. The first-order valence-corrected chi connectivity index (χ1v) is 6.97. The van der Waals surface area contributed by atoms with Crippen LogP contribution in [0.15, 0.2) is 17.5 Å². The number of hydrogen-bond donors (Lipinski definition) is 1. The highest BCUT2D eigenvalue weighted by Crippen LogP contribution is 2.08. The molecule has 0 aromatic carbocycles. The van der Waals surface area contributed by atoms with E-state index in [1.165, 1.54) is 4.88 Å². The summed E-state index contributed by atoms with van der Waals surface area (Å²) >= 11 is 1.80. The summed E-state index contributed by atoms with van der Waals surface area (Å²) in [7, 11) is 3.91. The number of hydrogen-bond acceptors (Lipinski definition) is 4. The van der Waals surface area contributed by atoms with Crippen molar-refractivity contribution < 1.29 is 4.74 Å². The van der Waals surface area contributed by atoms with Crippen molar-refractivity contribution in [1.82, 2.24) is 10.2 Å². The van der Waals surface area contributed by atoms with Crippen molar-refractivity contribution in [2.75, 3.05) is 27.3 Å². The average Bonchev–Trinajstić information content (AvgIpc) is 2.81. The molecule has 0 amide bonds. The van der Waals surface area contributed by atoms with Crippen LogP contribution in [0, 0.1) is 0 Å². The van der Waals surface area contributed by atoms with Crippen LogP contribution in [0.3, 0.4) is 0 Å². The SMILES string of the molecule is COCC(C)N(C)C(C)CNCc1cccs1. The molecule has 0 saturated heterocycles. The number of likely N-dealkylation sites (N-methyl/N-ethyl adjacent to an activating group) is 1. The molecule has 1 aromatic rings. The Hall–Kier alpha value is -0.420. The van der Waals surface area contributed by atoms with E-state index in [2.05, 4.69) is 48.6 Å². The van der Waals surface area contributed by atoms with Crippen LogP contribution < -0.4 is 5.32 Å². The molecule has 3 nitrogen and oxygen atoms in total. The van der Waals surface area contributed by atoms with Crippen molar-refractivity contribution >= 4 is 11.3 Å². The maximum atomic E-state index is 5.18. The molecule has 1 rings (SSSR count). The highest BCUT2D eigenvalue weighted by Gasteiger charge is 2.14. The van der Waals surface area contributed by atoms with Gasteiger partial charge in [-0.2, -0.15) is 0 Å². The normalized spacial score (nSPS) is 15.1. The van der Waals surface area contributed by atoms with Gasteiger partial charge in [-0.1, -0.05) is 6.07 Å². The van der Waals surface area contributed by atoms with Crippen molar-refractivity contribution in [1.29, 1.82) is 0 Å². The molecule has 0 spiro atoms. The summed E-state index contributed by atoms with van der Waals surface area (Å²) < 4.78 is 5.18.